The monoisotopic (exact) mass is 255 g/mol. The molecule has 0 aliphatic heterocycles. The number of nitrogens with two attached hydrogens (primary N) is 2. The number of hydrogen-bond acceptors (Lipinski definition) is 3. The van der Waals surface area contributed by atoms with Gasteiger partial charge in [-0.05, 0) is 61.4 Å². The summed E-state index contributed by atoms with van der Waals surface area (Å²) in [5.74, 6) is -0.148. The number of hydrogen-bond donors (Lipinski definition) is 3. The van der Waals surface area contributed by atoms with Gasteiger partial charge in [0.2, 0.25) is 0 Å². The molecule has 0 bridgehead atoms. The summed E-state index contributed by atoms with van der Waals surface area (Å²) < 4.78 is 0. The van der Waals surface area contributed by atoms with Crippen molar-refractivity contribution in [3.8, 4) is 0 Å². The smallest absolute Gasteiger partial charge is 0.255 e. The summed E-state index contributed by atoms with van der Waals surface area (Å²) in [5, 5.41) is 2.84. The number of anilines is 3. The first-order chi connectivity index (χ1) is 8.99. The van der Waals surface area contributed by atoms with Gasteiger partial charge in [0, 0.05) is 22.6 Å². The van der Waals surface area contributed by atoms with Crippen molar-refractivity contribution < 1.29 is 4.79 Å². The maximum atomic E-state index is 12.2. The molecule has 98 valence electrons. The standard InChI is InChI=1S/C15H17N3O/c1-9-10(2)14(17)8-7-13(9)15(19)18-12-5-3-11(16)4-6-12/h3-8H,16-17H2,1-2H3,(H,18,19). The second kappa shape index (κ2) is 5.02. The second-order valence-corrected chi connectivity index (χ2v) is 4.53. The fourth-order valence-electron chi connectivity index (χ4n) is 1.85. The van der Waals surface area contributed by atoms with Crippen molar-refractivity contribution in [3.05, 3.63) is 53.1 Å². The van der Waals surface area contributed by atoms with Crippen LogP contribution in [0.2, 0.25) is 0 Å². The quantitative estimate of drug-likeness (QED) is 0.722. The molecular formula is C15H17N3O. The van der Waals surface area contributed by atoms with Gasteiger partial charge in [-0.15, -0.1) is 0 Å². The van der Waals surface area contributed by atoms with Crippen molar-refractivity contribution in [2.45, 2.75) is 13.8 Å². The number of nitrogen functional groups attached to an aromatic ring is 2. The van der Waals surface area contributed by atoms with Crippen molar-refractivity contribution in [2.75, 3.05) is 16.8 Å². The van der Waals surface area contributed by atoms with Crippen molar-refractivity contribution >= 4 is 23.0 Å². The molecule has 4 nitrogen and oxygen atoms in total. The van der Waals surface area contributed by atoms with Gasteiger partial charge in [0.15, 0.2) is 0 Å². The van der Waals surface area contributed by atoms with Crippen LogP contribution in [0.15, 0.2) is 36.4 Å². The molecule has 2 rings (SSSR count). The first-order valence-electron chi connectivity index (χ1n) is 6.01. The molecular weight excluding hydrogens is 238 g/mol. The Morgan fingerprint density at radius 2 is 1.58 bits per heavy atom. The summed E-state index contributed by atoms with van der Waals surface area (Å²) in [6, 6.07) is 10.5. The third-order valence-corrected chi connectivity index (χ3v) is 3.24. The van der Waals surface area contributed by atoms with Gasteiger partial charge in [-0.2, -0.15) is 0 Å². The molecule has 0 aliphatic carbocycles. The highest BCUT2D eigenvalue weighted by Gasteiger charge is 2.12. The van der Waals surface area contributed by atoms with E-state index >= 15 is 0 Å². The largest absolute Gasteiger partial charge is 0.399 e. The molecule has 0 saturated carbocycles. The van der Waals surface area contributed by atoms with Gasteiger partial charge in [-0.3, -0.25) is 4.79 Å². The van der Waals surface area contributed by atoms with Crippen LogP contribution in [-0.2, 0) is 0 Å². The molecule has 0 heterocycles. The lowest BCUT2D eigenvalue weighted by Gasteiger charge is -2.11. The number of carbonyl (C=O) groups excluding carboxylic acids is 1. The highest BCUT2D eigenvalue weighted by atomic mass is 16.1. The number of rotatable bonds is 2. The van der Waals surface area contributed by atoms with Crippen LogP contribution < -0.4 is 16.8 Å². The van der Waals surface area contributed by atoms with E-state index in [-0.39, 0.29) is 5.91 Å². The van der Waals surface area contributed by atoms with E-state index in [0.29, 0.717) is 22.6 Å². The summed E-state index contributed by atoms with van der Waals surface area (Å²) in [6.07, 6.45) is 0. The van der Waals surface area contributed by atoms with Gasteiger partial charge < -0.3 is 16.8 Å². The Morgan fingerprint density at radius 1 is 0.947 bits per heavy atom. The van der Waals surface area contributed by atoms with Crippen molar-refractivity contribution in [1.29, 1.82) is 0 Å². The minimum absolute atomic E-state index is 0.148. The molecule has 0 aromatic heterocycles. The SMILES string of the molecule is Cc1c(N)ccc(C(=O)Nc2ccc(N)cc2)c1C. The molecule has 0 saturated heterocycles. The zero-order chi connectivity index (χ0) is 14.0. The Kier molecular flexibility index (Phi) is 3.42. The summed E-state index contributed by atoms with van der Waals surface area (Å²) in [7, 11) is 0. The number of benzene rings is 2. The molecule has 2 aromatic rings. The minimum atomic E-state index is -0.148. The Balaban J connectivity index is 2.25. The van der Waals surface area contributed by atoms with E-state index in [1.807, 2.05) is 13.8 Å². The molecule has 0 spiro atoms. The van der Waals surface area contributed by atoms with E-state index < -0.39 is 0 Å². The summed E-state index contributed by atoms with van der Waals surface area (Å²) in [5.41, 5.74) is 16.0. The van der Waals surface area contributed by atoms with Crippen LogP contribution >= 0.6 is 0 Å². The summed E-state index contributed by atoms with van der Waals surface area (Å²) >= 11 is 0. The lowest BCUT2D eigenvalue weighted by molar-refractivity contribution is 0.102. The van der Waals surface area contributed by atoms with Gasteiger partial charge >= 0.3 is 0 Å². The van der Waals surface area contributed by atoms with Crippen molar-refractivity contribution in [1.82, 2.24) is 0 Å². The van der Waals surface area contributed by atoms with Crippen LogP contribution in [0.25, 0.3) is 0 Å². The normalized spacial score (nSPS) is 10.2. The molecule has 5 N–H and O–H groups in total. The Hall–Kier alpha value is -2.49. The fraction of sp³-hybridized carbons (Fsp3) is 0.133. The third kappa shape index (κ3) is 2.68. The molecule has 0 unspecified atom stereocenters. The first kappa shape index (κ1) is 13.0. The van der Waals surface area contributed by atoms with Gasteiger partial charge in [0.25, 0.3) is 5.91 Å². The topological polar surface area (TPSA) is 81.1 Å². The van der Waals surface area contributed by atoms with Gasteiger partial charge in [0.05, 0.1) is 0 Å². The van der Waals surface area contributed by atoms with Gasteiger partial charge in [-0.25, -0.2) is 0 Å². The second-order valence-electron chi connectivity index (χ2n) is 4.53. The first-order valence-corrected chi connectivity index (χ1v) is 6.01. The molecule has 0 radical (unpaired) electrons. The van der Waals surface area contributed by atoms with Crippen LogP contribution in [0.5, 0.6) is 0 Å². The summed E-state index contributed by atoms with van der Waals surface area (Å²) in [4.78, 5) is 12.2. The van der Waals surface area contributed by atoms with E-state index in [2.05, 4.69) is 5.32 Å². The van der Waals surface area contributed by atoms with Gasteiger partial charge in [-0.1, -0.05) is 0 Å². The predicted octanol–water partition coefficient (Wildman–Crippen LogP) is 2.72. The molecule has 0 atom stereocenters. The molecule has 0 fully saturated rings. The van der Waals surface area contributed by atoms with Crippen molar-refractivity contribution in [2.24, 2.45) is 0 Å². The summed E-state index contributed by atoms with van der Waals surface area (Å²) in [6.45, 7) is 3.80. The van der Waals surface area contributed by atoms with Crippen LogP contribution in [-0.4, -0.2) is 5.91 Å². The Labute approximate surface area is 112 Å². The fourth-order valence-corrected chi connectivity index (χ4v) is 1.85. The van der Waals surface area contributed by atoms with Crippen LogP contribution in [0.4, 0.5) is 17.1 Å². The third-order valence-electron chi connectivity index (χ3n) is 3.24. The van der Waals surface area contributed by atoms with E-state index in [1.165, 1.54) is 0 Å². The van der Waals surface area contributed by atoms with E-state index in [1.54, 1.807) is 36.4 Å². The zero-order valence-electron chi connectivity index (χ0n) is 11.0. The highest BCUT2D eigenvalue weighted by molar-refractivity contribution is 6.05. The molecule has 0 aliphatic rings. The van der Waals surface area contributed by atoms with Crippen LogP contribution in [0, 0.1) is 13.8 Å². The lowest BCUT2D eigenvalue weighted by atomic mass is 10.0. The Morgan fingerprint density at radius 3 is 2.21 bits per heavy atom. The molecule has 1 amide bonds. The number of nitrogens with one attached hydrogen (secondary N) is 1. The maximum Gasteiger partial charge on any atom is 0.255 e. The van der Waals surface area contributed by atoms with Crippen LogP contribution in [0.1, 0.15) is 21.5 Å². The predicted molar refractivity (Wildman–Crippen MR) is 79.1 cm³/mol. The van der Waals surface area contributed by atoms with Crippen molar-refractivity contribution in [3.63, 3.8) is 0 Å². The average molecular weight is 255 g/mol. The molecule has 4 heteroatoms. The lowest BCUT2D eigenvalue weighted by Crippen LogP contribution is -2.14. The Bertz CT molecular complexity index is 618. The van der Waals surface area contributed by atoms with Gasteiger partial charge in [0.1, 0.15) is 0 Å². The molecule has 2 aromatic carbocycles. The average Bonchev–Trinajstić information content (AvgIpc) is 2.39. The van der Waals surface area contributed by atoms with E-state index in [0.717, 1.165) is 11.1 Å². The minimum Gasteiger partial charge on any atom is -0.399 e. The van der Waals surface area contributed by atoms with E-state index in [9.17, 15) is 4.79 Å². The highest BCUT2D eigenvalue weighted by Crippen LogP contribution is 2.20. The number of amides is 1. The van der Waals surface area contributed by atoms with E-state index in [4.69, 9.17) is 11.5 Å². The molecule has 19 heavy (non-hydrogen) atoms. The van der Waals surface area contributed by atoms with Crippen LogP contribution in [0.3, 0.4) is 0 Å². The number of carbonyl (C=O) groups is 1. The zero-order valence-corrected chi connectivity index (χ0v) is 11.0. The maximum absolute atomic E-state index is 12.2.